The number of nitrogens with zero attached hydrogens (tertiary/aromatic N) is 4. The maximum atomic E-state index is 13.5. The van der Waals surface area contributed by atoms with Gasteiger partial charge in [0, 0.05) is 17.9 Å². The van der Waals surface area contributed by atoms with Gasteiger partial charge in [0.15, 0.2) is 5.70 Å². The fourth-order valence-electron chi connectivity index (χ4n) is 4.62. The lowest BCUT2D eigenvalue weighted by Crippen LogP contribution is -2.55. The first-order chi connectivity index (χ1) is 19.9. The first kappa shape index (κ1) is 30.5. The summed E-state index contributed by atoms with van der Waals surface area (Å²) in [5, 5.41) is 28.7. The molecule has 224 valence electrons. The SMILES string of the molecule is CCOCC1(C)NC(C(C)(C)O)=C(C(=O)OCOC(=O)OC(C)C)N1c1ccc(-c2ccccc2-c2nn[nH]n2)cc1. The number of benzene rings is 2. The van der Waals surface area contributed by atoms with Gasteiger partial charge in [-0.3, -0.25) is 0 Å². The second-order valence-corrected chi connectivity index (χ2v) is 10.6. The first-order valence-corrected chi connectivity index (χ1v) is 13.5. The van der Waals surface area contributed by atoms with Crippen LogP contribution in [0.2, 0.25) is 0 Å². The molecule has 1 aliphatic rings. The van der Waals surface area contributed by atoms with Crippen LogP contribution in [0, 0.1) is 0 Å². The molecule has 1 aliphatic heterocycles. The number of nitrogens with one attached hydrogen (secondary N) is 2. The van der Waals surface area contributed by atoms with Crippen LogP contribution in [0.5, 0.6) is 0 Å². The fraction of sp³-hybridized carbons (Fsp3) is 0.414. The van der Waals surface area contributed by atoms with Crippen LogP contribution in [0.15, 0.2) is 59.9 Å². The Bertz CT molecular complexity index is 1420. The summed E-state index contributed by atoms with van der Waals surface area (Å²) in [7, 11) is 0. The Morgan fingerprint density at radius 3 is 2.36 bits per heavy atom. The molecule has 0 radical (unpaired) electrons. The summed E-state index contributed by atoms with van der Waals surface area (Å²) < 4.78 is 20.9. The third kappa shape index (κ3) is 6.69. The average molecular weight is 581 g/mol. The minimum atomic E-state index is -1.46. The predicted octanol–water partition coefficient (Wildman–Crippen LogP) is 3.74. The summed E-state index contributed by atoms with van der Waals surface area (Å²) in [6.07, 6.45) is -1.36. The van der Waals surface area contributed by atoms with Crippen molar-refractivity contribution in [3.8, 4) is 22.5 Å². The first-order valence-electron chi connectivity index (χ1n) is 13.5. The third-order valence-electron chi connectivity index (χ3n) is 6.39. The quantitative estimate of drug-likeness (QED) is 0.223. The number of esters is 1. The predicted molar refractivity (Wildman–Crippen MR) is 153 cm³/mol. The molecule has 4 rings (SSSR count). The van der Waals surface area contributed by atoms with Crippen molar-refractivity contribution in [2.24, 2.45) is 0 Å². The lowest BCUT2D eigenvalue weighted by molar-refractivity contribution is -0.149. The Kier molecular flexibility index (Phi) is 9.12. The van der Waals surface area contributed by atoms with Crippen molar-refractivity contribution < 1.29 is 33.6 Å². The third-order valence-corrected chi connectivity index (χ3v) is 6.39. The average Bonchev–Trinajstić information content (AvgIpc) is 3.58. The minimum Gasteiger partial charge on any atom is -0.431 e. The van der Waals surface area contributed by atoms with Crippen LogP contribution in [0.4, 0.5) is 10.5 Å². The molecule has 1 unspecified atom stereocenters. The highest BCUT2D eigenvalue weighted by molar-refractivity contribution is 5.96. The summed E-state index contributed by atoms with van der Waals surface area (Å²) in [4.78, 5) is 27.1. The van der Waals surface area contributed by atoms with Crippen molar-refractivity contribution in [3.05, 3.63) is 59.9 Å². The van der Waals surface area contributed by atoms with E-state index < -0.39 is 36.3 Å². The number of carbonyl (C=O) groups is 2. The van der Waals surface area contributed by atoms with Crippen LogP contribution in [0.1, 0.15) is 41.5 Å². The van der Waals surface area contributed by atoms with E-state index in [0.717, 1.165) is 16.7 Å². The molecule has 0 amide bonds. The largest absolute Gasteiger partial charge is 0.511 e. The van der Waals surface area contributed by atoms with Gasteiger partial charge in [0.25, 0.3) is 0 Å². The van der Waals surface area contributed by atoms with Gasteiger partial charge in [-0.2, -0.15) is 5.21 Å². The van der Waals surface area contributed by atoms with Crippen molar-refractivity contribution in [2.45, 2.75) is 58.9 Å². The number of anilines is 1. The van der Waals surface area contributed by atoms with Gasteiger partial charge in [-0.1, -0.05) is 36.4 Å². The summed E-state index contributed by atoms with van der Waals surface area (Å²) in [5.41, 5.74) is 1.02. The van der Waals surface area contributed by atoms with Gasteiger partial charge in [-0.05, 0) is 70.0 Å². The van der Waals surface area contributed by atoms with Gasteiger partial charge in [0.05, 0.1) is 18.4 Å². The van der Waals surface area contributed by atoms with Gasteiger partial charge >= 0.3 is 12.1 Å². The normalized spacial score (nSPS) is 16.9. The second-order valence-electron chi connectivity index (χ2n) is 10.6. The van der Waals surface area contributed by atoms with Crippen LogP contribution in [-0.4, -0.2) is 75.2 Å². The lowest BCUT2D eigenvalue weighted by Gasteiger charge is -2.38. The maximum Gasteiger partial charge on any atom is 0.511 e. The highest BCUT2D eigenvalue weighted by atomic mass is 16.8. The highest BCUT2D eigenvalue weighted by Crippen LogP contribution is 2.40. The number of hydrogen-bond acceptors (Lipinski definition) is 12. The van der Waals surface area contributed by atoms with E-state index in [9.17, 15) is 14.7 Å². The molecule has 0 spiro atoms. The zero-order valence-corrected chi connectivity index (χ0v) is 24.5. The summed E-state index contributed by atoms with van der Waals surface area (Å²) in [5.74, 6) is -0.353. The van der Waals surface area contributed by atoms with E-state index in [1.807, 2.05) is 62.4 Å². The van der Waals surface area contributed by atoms with Crippen molar-refractivity contribution >= 4 is 17.8 Å². The smallest absolute Gasteiger partial charge is 0.431 e. The van der Waals surface area contributed by atoms with E-state index in [2.05, 4.69) is 25.9 Å². The molecule has 2 aromatic carbocycles. The molecule has 2 heterocycles. The van der Waals surface area contributed by atoms with Crippen molar-refractivity contribution in [1.29, 1.82) is 0 Å². The molecule has 42 heavy (non-hydrogen) atoms. The standard InChI is InChI=1S/C29H36N6O7/c1-7-39-16-29(6)30-24(28(4,5)38)23(26(36)40-17-41-27(37)42-18(2)3)35(29)20-14-12-19(13-15-20)21-10-8-9-11-22(21)25-31-33-34-32-25/h8-15,18,30,38H,7,16-17H2,1-6H3,(H,31,32,33,34). The number of carbonyl (C=O) groups excluding carboxylic acids is 2. The molecule has 13 nitrogen and oxygen atoms in total. The molecule has 0 aliphatic carbocycles. The summed E-state index contributed by atoms with van der Waals surface area (Å²) in [6.45, 7) is 10.1. The Morgan fingerprint density at radius 2 is 1.76 bits per heavy atom. The molecule has 0 saturated carbocycles. The van der Waals surface area contributed by atoms with Crippen LogP contribution >= 0.6 is 0 Å². The second kappa shape index (κ2) is 12.6. The topological polar surface area (TPSA) is 161 Å². The van der Waals surface area contributed by atoms with Gasteiger partial charge < -0.3 is 34.3 Å². The molecular formula is C29H36N6O7. The lowest BCUT2D eigenvalue weighted by atomic mass is 9.98. The Balaban J connectivity index is 1.71. The van der Waals surface area contributed by atoms with Crippen molar-refractivity contribution in [2.75, 3.05) is 24.9 Å². The minimum absolute atomic E-state index is 0.0467. The molecule has 1 aromatic heterocycles. The van der Waals surface area contributed by atoms with Gasteiger partial charge in [0.1, 0.15) is 11.3 Å². The van der Waals surface area contributed by atoms with Crippen LogP contribution in [-0.2, 0) is 23.7 Å². The van der Waals surface area contributed by atoms with Gasteiger partial charge in [-0.25, -0.2) is 9.59 Å². The van der Waals surface area contributed by atoms with E-state index in [4.69, 9.17) is 18.9 Å². The molecule has 3 aromatic rings. The van der Waals surface area contributed by atoms with E-state index >= 15 is 0 Å². The van der Waals surface area contributed by atoms with E-state index in [1.54, 1.807) is 32.6 Å². The molecule has 13 heteroatoms. The summed E-state index contributed by atoms with van der Waals surface area (Å²) >= 11 is 0. The van der Waals surface area contributed by atoms with Gasteiger partial charge in [0.2, 0.25) is 12.6 Å². The monoisotopic (exact) mass is 580 g/mol. The van der Waals surface area contributed by atoms with Crippen molar-refractivity contribution in [3.63, 3.8) is 0 Å². The Morgan fingerprint density at radius 1 is 1.07 bits per heavy atom. The highest BCUT2D eigenvalue weighted by Gasteiger charge is 2.49. The van der Waals surface area contributed by atoms with Crippen molar-refractivity contribution in [1.82, 2.24) is 25.9 Å². The number of aliphatic hydroxyl groups is 1. The number of H-pyrrole nitrogens is 1. The molecular weight excluding hydrogens is 544 g/mol. The zero-order chi connectivity index (χ0) is 30.5. The Hall–Kier alpha value is -4.49. The molecule has 3 N–H and O–H groups in total. The zero-order valence-electron chi connectivity index (χ0n) is 24.5. The number of aromatic nitrogens is 4. The number of ether oxygens (including phenoxy) is 4. The van der Waals surface area contributed by atoms with E-state index in [-0.39, 0.29) is 18.0 Å². The number of tetrazole rings is 1. The molecule has 1 atom stereocenters. The Labute approximate surface area is 243 Å². The number of aromatic amines is 1. The van der Waals surface area contributed by atoms with Crippen LogP contribution in [0.25, 0.3) is 22.5 Å². The van der Waals surface area contributed by atoms with E-state index in [0.29, 0.717) is 18.1 Å². The number of rotatable bonds is 11. The maximum absolute atomic E-state index is 13.5. The van der Waals surface area contributed by atoms with Gasteiger partial charge in [-0.15, -0.1) is 10.2 Å². The summed E-state index contributed by atoms with van der Waals surface area (Å²) in [6, 6.07) is 15.2. The van der Waals surface area contributed by atoms with Crippen LogP contribution < -0.4 is 10.2 Å². The number of hydrogen-bond donors (Lipinski definition) is 3. The molecule has 0 bridgehead atoms. The fourth-order valence-corrected chi connectivity index (χ4v) is 4.62. The van der Waals surface area contributed by atoms with E-state index in [1.165, 1.54) is 0 Å². The molecule has 0 fully saturated rings. The van der Waals surface area contributed by atoms with Crippen LogP contribution in [0.3, 0.4) is 0 Å². The molecule has 0 saturated heterocycles.